The normalized spacial score (nSPS) is 12.5. The number of carboxylic acid groups (broad SMARTS) is 1. The Morgan fingerprint density at radius 2 is 1.93 bits per heavy atom. The number of aryl methyl sites for hydroxylation is 2. The van der Waals surface area contributed by atoms with Crippen LogP contribution in [0.3, 0.4) is 0 Å². The van der Waals surface area contributed by atoms with E-state index in [0.717, 1.165) is 16.7 Å². The van der Waals surface area contributed by atoms with E-state index in [1.807, 2.05) is 0 Å². The molecule has 3 nitrogen and oxygen atoms in total. The smallest absolute Gasteiger partial charge is 0.320 e. The summed E-state index contributed by atoms with van der Waals surface area (Å²) in [5.41, 5.74) is 7.72. The maximum absolute atomic E-state index is 13.0. The standard InChI is InChI=1S/C11H14FNO2/c1-6-3-8(12)4-7(2)9(6)5-10(13)11(14)15/h3-4,10H,5,13H2,1-2H3,(H,14,15)/t10-/m0/s1. The molecule has 0 fully saturated rings. The lowest BCUT2D eigenvalue weighted by molar-refractivity contribution is -0.138. The monoisotopic (exact) mass is 211 g/mol. The van der Waals surface area contributed by atoms with Gasteiger partial charge in [0.25, 0.3) is 0 Å². The Bertz CT molecular complexity index is 367. The highest BCUT2D eigenvalue weighted by atomic mass is 19.1. The van der Waals surface area contributed by atoms with Crippen molar-refractivity contribution in [2.45, 2.75) is 26.3 Å². The maximum atomic E-state index is 13.0. The van der Waals surface area contributed by atoms with Crippen molar-refractivity contribution in [3.05, 3.63) is 34.6 Å². The van der Waals surface area contributed by atoms with Crippen molar-refractivity contribution in [1.82, 2.24) is 0 Å². The summed E-state index contributed by atoms with van der Waals surface area (Å²) in [6.07, 6.45) is 0.229. The van der Waals surface area contributed by atoms with E-state index < -0.39 is 12.0 Å². The Hall–Kier alpha value is -1.42. The van der Waals surface area contributed by atoms with E-state index in [1.165, 1.54) is 12.1 Å². The molecule has 0 unspecified atom stereocenters. The fourth-order valence-corrected chi connectivity index (χ4v) is 1.57. The number of hydrogen-bond donors (Lipinski definition) is 2. The van der Waals surface area contributed by atoms with Gasteiger partial charge in [-0.3, -0.25) is 4.79 Å². The Labute approximate surface area is 87.7 Å². The zero-order valence-electron chi connectivity index (χ0n) is 8.75. The first-order valence-corrected chi connectivity index (χ1v) is 4.66. The lowest BCUT2D eigenvalue weighted by Crippen LogP contribution is -2.32. The second-order valence-corrected chi connectivity index (χ2v) is 3.67. The first kappa shape index (κ1) is 11.7. The Balaban J connectivity index is 3.00. The van der Waals surface area contributed by atoms with Crippen LogP contribution >= 0.6 is 0 Å². The first-order chi connectivity index (χ1) is 6.91. The van der Waals surface area contributed by atoms with Crippen molar-refractivity contribution < 1.29 is 14.3 Å². The van der Waals surface area contributed by atoms with Gasteiger partial charge in [0, 0.05) is 0 Å². The van der Waals surface area contributed by atoms with Gasteiger partial charge in [-0.1, -0.05) is 0 Å². The number of halogens is 1. The van der Waals surface area contributed by atoms with Gasteiger partial charge in [0.2, 0.25) is 0 Å². The van der Waals surface area contributed by atoms with Crippen LogP contribution in [0.1, 0.15) is 16.7 Å². The zero-order chi connectivity index (χ0) is 11.6. The Morgan fingerprint density at radius 1 is 1.47 bits per heavy atom. The van der Waals surface area contributed by atoms with Crippen molar-refractivity contribution in [2.24, 2.45) is 5.73 Å². The minimum atomic E-state index is -1.04. The van der Waals surface area contributed by atoms with Gasteiger partial charge in [0.05, 0.1) is 0 Å². The summed E-state index contributed by atoms with van der Waals surface area (Å²) in [7, 11) is 0. The molecule has 0 saturated heterocycles. The second-order valence-electron chi connectivity index (χ2n) is 3.67. The third-order valence-corrected chi connectivity index (χ3v) is 2.40. The van der Waals surface area contributed by atoms with Crippen LogP contribution in [0, 0.1) is 19.7 Å². The summed E-state index contributed by atoms with van der Waals surface area (Å²) < 4.78 is 13.0. The van der Waals surface area contributed by atoms with Crippen LogP contribution in [0.2, 0.25) is 0 Å². The zero-order valence-corrected chi connectivity index (χ0v) is 8.75. The van der Waals surface area contributed by atoms with Gasteiger partial charge >= 0.3 is 5.97 Å². The Kier molecular flexibility index (Phi) is 3.42. The average molecular weight is 211 g/mol. The highest BCUT2D eigenvalue weighted by Gasteiger charge is 2.15. The minimum absolute atomic E-state index is 0.229. The predicted molar refractivity (Wildman–Crippen MR) is 55.2 cm³/mol. The van der Waals surface area contributed by atoms with Crippen molar-refractivity contribution in [2.75, 3.05) is 0 Å². The molecule has 82 valence electrons. The fourth-order valence-electron chi connectivity index (χ4n) is 1.57. The van der Waals surface area contributed by atoms with Gasteiger partial charge in [-0.25, -0.2) is 4.39 Å². The summed E-state index contributed by atoms with van der Waals surface area (Å²) in [5.74, 6) is -1.35. The van der Waals surface area contributed by atoms with E-state index in [2.05, 4.69) is 0 Å². The number of carboxylic acids is 1. The van der Waals surface area contributed by atoms with Gasteiger partial charge in [-0.2, -0.15) is 0 Å². The minimum Gasteiger partial charge on any atom is -0.480 e. The van der Waals surface area contributed by atoms with Crippen LogP contribution in [-0.2, 0) is 11.2 Å². The molecule has 0 saturated carbocycles. The average Bonchev–Trinajstić information content (AvgIpc) is 2.10. The second kappa shape index (κ2) is 4.40. The summed E-state index contributed by atoms with van der Waals surface area (Å²) in [5, 5.41) is 8.68. The molecule has 0 aliphatic rings. The molecule has 15 heavy (non-hydrogen) atoms. The van der Waals surface area contributed by atoms with Crippen LogP contribution in [0.25, 0.3) is 0 Å². The van der Waals surface area contributed by atoms with Crippen LogP contribution < -0.4 is 5.73 Å². The predicted octanol–water partition coefficient (Wildman–Crippen LogP) is 1.40. The molecule has 0 aliphatic heterocycles. The number of benzene rings is 1. The summed E-state index contributed by atoms with van der Waals surface area (Å²) >= 11 is 0. The number of nitrogens with two attached hydrogens (primary N) is 1. The lowest BCUT2D eigenvalue weighted by Gasteiger charge is -2.12. The molecule has 1 atom stereocenters. The molecule has 1 aromatic carbocycles. The number of carbonyl (C=O) groups is 1. The van der Waals surface area contributed by atoms with Crippen LogP contribution in [0.5, 0.6) is 0 Å². The number of rotatable bonds is 3. The van der Waals surface area contributed by atoms with E-state index in [9.17, 15) is 9.18 Å². The third kappa shape index (κ3) is 2.76. The third-order valence-electron chi connectivity index (χ3n) is 2.40. The summed E-state index contributed by atoms with van der Waals surface area (Å²) in [4.78, 5) is 10.6. The van der Waals surface area contributed by atoms with E-state index in [-0.39, 0.29) is 12.2 Å². The Morgan fingerprint density at radius 3 is 2.33 bits per heavy atom. The highest BCUT2D eigenvalue weighted by Crippen LogP contribution is 2.17. The van der Waals surface area contributed by atoms with E-state index in [4.69, 9.17) is 10.8 Å². The van der Waals surface area contributed by atoms with Crippen LogP contribution in [-0.4, -0.2) is 17.1 Å². The molecule has 3 N–H and O–H groups in total. The largest absolute Gasteiger partial charge is 0.480 e. The molecule has 0 amide bonds. The molecule has 0 aromatic heterocycles. The van der Waals surface area contributed by atoms with Crippen molar-refractivity contribution in [3.8, 4) is 0 Å². The van der Waals surface area contributed by atoms with Crippen molar-refractivity contribution >= 4 is 5.97 Å². The molecule has 0 spiro atoms. The lowest BCUT2D eigenvalue weighted by atomic mass is 9.96. The van der Waals surface area contributed by atoms with Crippen LogP contribution in [0.15, 0.2) is 12.1 Å². The van der Waals surface area contributed by atoms with Crippen molar-refractivity contribution in [1.29, 1.82) is 0 Å². The molecular weight excluding hydrogens is 197 g/mol. The van der Waals surface area contributed by atoms with E-state index in [0.29, 0.717) is 0 Å². The molecule has 1 aromatic rings. The fraction of sp³-hybridized carbons (Fsp3) is 0.364. The quantitative estimate of drug-likeness (QED) is 0.794. The molecule has 0 heterocycles. The van der Waals surface area contributed by atoms with Crippen molar-refractivity contribution in [3.63, 3.8) is 0 Å². The molecule has 1 rings (SSSR count). The van der Waals surface area contributed by atoms with E-state index >= 15 is 0 Å². The first-order valence-electron chi connectivity index (χ1n) is 4.66. The number of aliphatic carboxylic acids is 1. The maximum Gasteiger partial charge on any atom is 0.320 e. The van der Waals surface area contributed by atoms with Crippen LogP contribution in [0.4, 0.5) is 4.39 Å². The SMILES string of the molecule is Cc1cc(F)cc(C)c1C[C@H](N)C(=O)O. The molecule has 0 bridgehead atoms. The number of hydrogen-bond acceptors (Lipinski definition) is 2. The molecule has 4 heteroatoms. The van der Waals surface area contributed by atoms with Gasteiger partial charge < -0.3 is 10.8 Å². The van der Waals surface area contributed by atoms with Gasteiger partial charge in [-0.05, 0) is 49.1 Å². The van der Waals surface area contributed by atoms with Gasteiger partial charge in [-0.15, -0.1) is 0 Å². The molecular formula is C11H14FNO2. The molecule has 0 radical (unpaired) electrons. The van der Waals surface area contributed by atoms with Gasteiger partial charge in [0.1, 0.15) is 11.9 Å². The molecule has 0 aliphatic carbocycles. The van der Waals surface area contributed by atoms with E-state index in [1.54, 1.807) is 13.8 Å². The summed E-state index contributed by atoms with van der Waals surface area (Å²) in [6.45, 7) is 3.50. The topological polar surface area (TPSA) is 63.3 Å². The summed E-state index contributed by atoms with van der Waals surface area (Å²) in [6, 6.07) is 1.83. The van der Waals surface area contributed by atoms with Gasteiger partial charge in [0.15, 0.2) is 0 Å². The highest BCUT2D eigenvalue weighted by molar-refractivity contribution is 5.73.